The van der Waals surface area contributed by atoms with E-state index in [1.165, 1.54) is 23.9 Å². The minimum absolute atomic E-state index is 0.441. The zero-order valence-corrected chi connectivity index (χ0v) is 13.2. The summed E-state index contributed by atoms with van der Waals surface area (Å²) in [6.07, 6.45) is -4.31. The summed E-state index contributed by atoms with van der Waals surface area (Å²) in [5.74, 6) is 0.939. The second kappa shape index (κ2) is 6.96. The molecule has 0 amide bonds. The normalized spacial score (nSPS) is 11.5. The number of benzene rings is 2. The smallest absolute Gasteiger partial charge is 0.323 e. The van der Waals surface area contributed by atoms with Gasteiger partial charge in [-0.05, 0) is 29.8 Å². The Bertz CT molecular complexity index is 785. The van der Waals surface area contributed by atoms with Crippen LogP contribution in [0.5, 0.6) is 0 Å². The van der Waals surface area contributed by atoms with Crippen molar-refractivity contribution in [3.05, 3.63) is 65.7 Å². The van der Waals surface area contributed by atoms with Gasteiger partial charge in [0.2, 0.25) is 5.95 Å². The maximum absolute atomic E-state index is 12.5. The molecule has 124 valence electrons. The Kier molecular flexibility index (Phi) is 4.75. The van der Waals surface area contributed by atoms with Gasteiger partial charge in [-0.2, -0.15) is 18.2 Å². The third kappa shape index (κ3) is 4.29. The molecule has 0 radical (unpaired) electrons. The van der Waals surface area contributed by atoms with Crippen molar-refractivity contribution in [2.45, 2.75) is 17.1 Å². The van der Waals surface area contributed by atoms with Crippen LogP contribution >= 0.6 is 11.8 Å². The predicted octanol–water partition coefficient (Wildman–Crippen LogP) is 4.86. The molecule has 0 fully saturated rings. The second-order valence-corrected chi connectivity index (χ2v) is 5.90. The first-order valence-corrected chi connectivity index (χ1v) is 8.03. The topological polar surface area (TPSA) is 53.6 Å². The molecule has 3 rings (SSSR count). The zero-order chi connectivity index (χ0) is 17.0. The number of H-pyrrole nitrogens is 1. The first kappa shape index (κ1) is 16.4. The average molecular weight is 350 g/mol. The Hall–Kier alpha value is -2.48. The molecule has 8 heteroatoms. The molecule has 0 spiro atoms. The van der Waals surface area contributed by atoms with E-state index in [0.717, 1.165) is 23.4 Å². The largest absolute Gasteiger partial charge is 0.416 e. The third-order valence-electron chi connectivity index (χ3n) is 3.15. The number of para-hydroxylation sites is 1. The summed E-state index contributed by atoms with van der Waals surface area (Å²) in [7, 11) is 0. The molecule has 3 aromatic rings. The van der Waals surface area contributed by atoms with Crippen LogP contribution in [0.1, 0.15) is 11.1 Å². The van der Waals surface area contributed by atoms with Gasteiger partial charge in [0.1, 0.15) is 0 Å². The first-order chi connectivity index (χ1) is 11.5. The van der Waals surface area contributed by atoms with Gasteiger partial charge in [-0.3, -0.25) is 5.10 Å². The van der Waals surface area contributed by atoms with E-state index in [1.807, 2.05) is 30.3 Å². The quantitative estimate of drug-likeness (QED) is 0.645. The van der Waals surface area contributed by atoms with Crippen molar-refractivity contribution in [2.24, 2.45) is 0 Å². The van der Waals surface area contributed by atoms with Crippen LogP contribution in [0, 0.1) is 0 Å². The fourth-order valence-electron chi connectivity index (χ4n) is 1.96. The summed E-state index contributed by atoms with van der Waals surface area (Å²) in [5.41, 5.74) is 1.00. The number of alkyl halides is 3. The van der Waals surface area contributed by atoms with Crippen LogP contribution in [-0.2, 0) is 11.9 Å². The van der Waals surface area contributed by atoms with Gasteiger partial charge in [0, 0.05) is 11.4 Å². The Morgan fingerprint density at radius 3 is 2.38 bits per heavy atom. The summed E-state index contributed by atoms with van der Waals surface area (Å²) in [6, 6.07) is 14.6. The van der Waals surface area contributed by atoms with Crippen molar-refractivity contribution in [3.8, 4) is 0 Å². The van der Waals surface area contributed by atoms with E-state index in [2.05, 4.69) is 20.5 Å². The zero-order valence-electron chi connectivity index (χ0n) is 12.3. The number of thioether (sulfide) groups is 1. The number of aromatic amines is 1. The molecule has 0 bridgehead atoms. The second-order valence-electron chi connectivity index (χ2n) is 4.94. The van der Waals surface area contributed by atoms with Gasteiger partial charge in [-0.1, -0.05) is 42.1 Å². The van der Waals surface area contributed by atoms with Crippen molar-refractivity contribution in [1.29, 1.82) is 0 Å². The molecule has 0 aliphatic carbocycles. The van der Waals surface area contributed by atoms with E-state index in [1.54, 1.807) is 0 Å². The van der Waals surface area contributed by atoms with E-state index in [0.29, 0.717) is 16.9 Å². The monoisotopic (exact) mass is 350 g/mol. The van der Waals surface area contributed by atoms with Crippen molar-refractivity contribution in [1.82, 2.24) is 15.2 Å². The molecule has 4 nitrogen and oxygen atoms in total. The molecule has 0 aliphatic rings. The molecule has 0 aliphatic heterocycles. The maximum Gasteiger partial charge on any atom is 0.416 e. The summed E-state index contributed by atoms with van der Waals surface area (Å²) in [5, 5.41) is 10.5. The van der Waals surface area contributed by atoms with Crippen LogP contribution in [0.3, 0.4) is 0 Å². The number of hydrogen-bond acceptors (Lipinski definition) is 4. The van der Waals surface area contributed by atoms with E-state index >= 15 is 0 Å². The lowest BCUT2D eigenvalue weighted by molar-refractivity contribution is -0.137. The highest BCUT2D eigenvalue weighted by molar-refractivity contribution is 7.98. The van der Waals surface area contributed by atoms with Crippen LogP contribution in [0.15, 0.2) is 59.8 Å². The van der Waals surface area contributed by atoms with E-state index in [9.17, 15) is 13.2 Å². The summed E-state index contributed by atoms with van der Waals surface area (Å²) in [6.45, 7) is 0. The Labute approximate surface area is 140 Å². The van der Waals surface area contributed by atoms with Crippen LogP contribution in [-0.4, -0.2) is 15.2 Å². The summed E-state index contributed by atoms with van der Waals surface area (Å²) >= 11 is 1.37. The van der Waals surface area contributed by atoms with Crippen molar-refractivity contribution >= 4 is 23.4 Å². The molecule has 2 aromatic carbocycles. The minimum Gasteiger partial charge on any atom is -0.323 e. The lowest BCUT2D eigenvalue weighted by atomic mass is 10.1. The van der Waals surface area contributed by atoms with Gasteiger partial charge in [0.05, 0.1) is 5.56 Å². The molecule has 1 heterocycles. The van der Waals surface area contributed by atoms with Gasteiger partial charge < -0.3 is 5.32 Å². The van der Waals surface area contributed by atoms with Crippen molar-refractivity contribution in [3.63, 3.8) is 0 Å². The van der Waals surface area contributed by atoms with E-state index < -0.39 is 11.7 Å². The van der Waals surface area contributed by atoms with Gasteiger partial charge in [0.25, 0.3) is 0 Å². The van der Waals surface area contributed by atoms with Crippen LogP contribution in [0.2, 0.25) is 0 Å². The number of nitrogens with zero attached hydrogens (tertiary/aromatic N) is 2. The summed E-state index contributed by atoms with van der Waals surface area (Å²) in [4.78, 5) is 4.28. The first-order valence-electron chi connectivity index (χ1n) is 7.04. The molecule has 0 unspecified atom stereocenters. The highest BCUT2D eigenvalue weighted by Gasteiger charge is 2.29. The number of nitrogens with one attached hydrogen (secondary N) is 2. The highest BCUT2D eigenvalue weighted by Crippen LogP contribution is 2.30. The fourth-order valence-corrected chi connectivity index (χ4v) is 2.72. The lowest BCUT2D eigenvalue weighted by Gasteiger charge is -2.06. The van der Waals surface area contributed by atoms with E-state index in [4.69, 9.17) is 0 Å². The molecule has 0 saturated heterocycles. The van der Waals surface area contributed by atoms with Gasteiger partial charge in [-0.25, -0.2) is 0 Å². The van der Waals surface area contributed by atoms with Gasteiger partial charge >= 0.3 is 6.18 Å². The Morgan fingerprint density at radius 1 is 1.00 bits per heavy atom. The van der Waals surface area contributed by atoms with Crippen molar-refractivity contribution in [2.75, 3.05) is 5.32 Å². The predicted molar refractivity (Wildman–Crippen MR) is 87.1 cm³/mol. The number of aromatic nitrogens is 3. The molecule has 0 saturated carbocycles. The van der Waals surface area contributed by atoms with Crippen LogP contribution < -0.4 is 5.32 Å². The molecule has 0 atom stereocenters. The van der Waals surface area contributed by atoms with Crippen molar-refractivity contribution < 1.29 is 13.2 Å². The SMILES string of the molecule is FC(F)(F)c1ccc(CSc2nc(Nc3ccccc3)n[nH]2)cc1. The van der Waals surface area contributed by atoms with Gasteiger partial charge in [-0.15, -0.1) is 5.10 Å². The third-order valence-corrected chi connectivity index (χ3v) is 4.09. The van der Waals surface area contributed by atoms with Crippen LogP contribution in [0.25, 0.3) is 0 Å². The number of rotatable bonds is 5. The minimum atomic E-state index is -4.31. The number of hydrogen-bond donors (Lipinski definition) is 2. The molecule has 2 N–H and O–H groups in total. The highest BCUT2D eigenvalue weighted by atomic mass is 32.2. The average Bonchev–Trinajstić information content (AvgIpc) is 3.01. The van der Waals surface area contributed by atoms with E-state index in [-0.39, 0.29) is 0 Å². The summed E-state index contributed by atoms with van der Waals surface area (Å²) < 4.78 is 37.5. The van der Waals surface area contributed by atoms with Gasteiger partial charge in [0.15, 0.2) is 5.16 Å². The van der Waals surface area contributed by atoms with Crippen LogP contribution in [0.4, 0.5) is 24.8 Å². The number of anilines is 2. The Balaban J connectivity index is 1.57. The lowest BCUT2D eigenvalue weighted by Crippen LogP contribution is -2.04. The molecular formula is C16H13F3N4S. The Morgan fingerprint density at radius 2 is 1.71 bits per heavy atom. The standard InChI is InChI=1S/C16H13F3N4S/c17-16(18,19)12-8-6-11(7-9-12)10-24-15-21-14(22-23-15)20-13-4-2-1-3-5-13/h1-9H,10H2,(H2,20,21,22,23). The molecule has 24 heavy (non-hydrogen) atoms. The molecule has 1 aromatic heterocycles. The molecular weight excluding hydrogens is 337 g/mol. The maximum atomic E-state index is 12.5. The number of halogens is 3. The fraction of sp³-hybridized carbons (Fsp3) is 0.125.